The van der Waals surface area contributed by atoms with Crippen LogP contribution < -0.4 is 0 Å². The van der Waals surface area contributed by atoms with Crippen LogP contribution in [0.2, 0.25) is 0 Å². The molecule has 0 atom stereocenters. The van der Waals surface area contributed by atoms with Crippen LogP contribution in [-0.4, -0.2) is 20.3 Å². The van der Waals surface area contributed by atoms with E-state index in [2.05, 4.69) is 13.8 Å². The molecule has 0 aliphatic heterocycles. The van der Waals surface area contributed by atoms with Gasteiger partial charge in [0.05, 0.1) is 12.9 Å². The van der Waals surface area contributed by atoms with Crippen LogP contribution >= 0.6 is 0 Å². The monoisotopic (exact) mass is 158 g/mol. The lowest BCUT2D eigenvalue weighted by molar-refractivity contribution is 0.122. The van der Waals surface area contributed by atoms with Crippen molar-refractivity contribution < 1.29 is 9.47 Å². The molecule has 0 radical (unpaired) electrons. The Morgan fingerprint density at radius 1 is 1.18 bits per heavy atom. The van der Waals surface area contributed by atoms with Gasteiger partial charge in [-0.25, -0.2) is 0 Å². The highest BCUT2D eigenvalue weighted by atomic mass is 16.5. The molecule has 0 bridgehead atoms. The molecule has 0 aromatic carbocycles. The lowest BCUT2D eigenvalue weighted by Gasteiger charge is -2.02. The summed E-state index contributed by atoms with van der Waals surface area (Å²) in [6.45, 7) is 5.58. The molecule has 2 nitrogen and oxygen atoms in total. The molecule has 0 rings (SSSR count). The maximum absolute atomic E-state index is 5.23. The van der Waals surface area contributed by atoms with Crippen LogP contribution in [0.1, 0.15) is 26.7 Å². The SMILES string of the molecule is CCC(=COCCOC)CC. The Kier molecular flexibility index (Phi) is 7.26. The van der Waals surface area contributed by atoms with E-state index in [-0.39, 0.29) is 0 Å². The summed E-state index contributed by atoms with van der Waals surface area (Å²) in [7, 11) is 1.67. The van der Waals surface area contributed by atoms with Gasteiger partial charge in [0.15, 0.2) is 0 Å². The summed E-state index contributed by atoms with van der Waals surface area (Å²) < 4.78 is 10.1. The fourth-order valence-electron chi connectivity index (χ4n) is 0.725. The molecule has 0 fully saturated rings. The van der Waals surface area contributed by atoms with Gasteiger partial charge in [-0.2, -0.15) is 0 Å². The highest BCUT2D eigenvalue weighted by molar-refractivity contribution is 4.95. The second kappa shape index (κ2) is 7.61. The first-order valence-corrected chi connectivity index (χ1v) is 4.13. The van der Waals surface area contributed by atoms with Crippen LogP contribution in [0.5, 0.6) is 0 Å². The van der Waals surface area contributed by atoms with Gasteiger partial charge in [-0.15, -0.1) is 0 Å². The average molecular weight is 158 g/mol. The van der Waals surface area contributed by atoms with Crippen LogP contribution in [-0.2, 0) is 9.47 Å². The molecule has 0 heterocycles. The van der Waals surface area contributed by atoms with Gasteiger partial charge >= 0.3 is 0 Å². The number of hydrogen-bond acceptors (Lipinski definition) is 2. The van der Waals surface area contributed by atoms with Crippen molar-refractivity contribution in [3.63, 3.8) is 0 Å². The van der Waals surface area contributed by atoms with E-state index in [1.807, 2.05) is 6.26 Å². The lowest BCUT2D eigenvalue weighted by atomic mass is 10.2. The number of ether oxygens (including phenoxy) is 2. The van der Waals surface area contributed by atoms with Gasteiger partial charge in [0, 0.05) is 7.11 Å². The summed E-state index contributed by atoms with van der Waals surface area (Å²) in [4.78, 5) is 0. The summed E-state index contributed by atoms with van der Waals surface area (Å²) in [6.07, 6.45) is 3.99. The highest BCUT2D eigenvalue weighted by Gasteiger charge is 1.88. The van der Waals surface area contributed by atoms with Crippen molar-refractivity contribution in [1.82, 2.24) is 0 Å². The van der Waals surface area contributed by atoms with Crippen LogP contribution in [0, 0.1) is 0 Å². The van der Waals surface area contributed by atoms with Crippen molar-refractivity contribution in [3.05, 3.63) is 11.8 Å². The summed E-state index contributed by atoms with van der Waals surface area (Å²) in [5, 5.41) is 0. The van der Waals surface area contributed by atoms with Crippen LogP contribution in [0.4, 0.5) is 0 Å². The third-order valence-corrected chi connectivity index (χ3v) is 1.56. The summed E-state index contributed by atoms with van der Waals surface area (Å²) >= 11 is 0. The number of hydrogen-bond donors (Lipinski definition) is 0. The Balaban J connectivity index is 3.37. The molecule has 0 saturated carbocycles. The predicted octanol–water partition coefficient (Wildman–Crippen LogP) is 2.35. The third kappa shape index (κ3) is 5.92. The summed E-state index contributed by atoms with van der Waals surface area (Å²) in [6, 6.07) is 0. The lowest BCUT2D eigenvalue weighted by Crippen LogP contribution is -1.97. The zero-order chi connectivity index (χ0) is 8.53. The van der Waals surface area contributed by atoms with Crippen molar-refractivity contribution in [2.75, 3.05) is 20.3 Å². The van der Waals surface area contributed by atoms with Crippen molar-refractivity contribution in [1.29, 1.82) is 0 Å². The standard InChI is InChI=1S/C9H18O2/c1-4-9(5-2)8-11-7-6-10-3/h8H,4-7H2,1-3H3. The summed E-state index contributed by atoms with van der Waals surface area (Å²) in [5.74, 6) is 0. The van der Waals surface area contributed by atoms with E-state index >= 15 is 0 Å². The summed E-state index contributed by atoms with van der Waals surface area (Å²) in [5.41, 5.74) is 1.35. The molecule has 11 heavy (non-hydrogen) atoms. The van der Waals surface area contributed by atoms with Crippen molar-refractivity contribution >= 4 is 0 Å². The molecule has 0 N–H and O–H groups in total. The van der Waals surface area contributed by atoms with Gasteiger partial charge < -0.3 is 9.47 Å². The minimum absolute atomic E-state index is 0.653. The molecule has 0 aromatic rings. The topological polar surface area (TPSA) is 18.5 Å². The van der Waals surface area contributed by atoms with E-state index in [4.69, 9.17) is 9.47 Å². The van der Waals surface area contributed by atoms with E-state index in [9.17, 15) is 0 Å². The van der Waals surface area contributed by atoms with Crippen molar-refractivity contribution in [3.8, 4) is 0 Å². The minimum atomic E-state index is 0.653. The van der Waals surface area contributed by atoms with Gasteiger partial charge in [-0.1, -0.05) is 13.8 Å². The van der Waals surface area contributed by atoms with Crippen molar-refractivity contribution in [2.24, 2.45) is 0 Å². The highest BCUT2D eigenvalue weighted by Crippen LogP contribution is 2.04. The van der Waals surface area contributed by atoms with E-state index in [1.165, 1.54) is 5.57 Å². The average Bonchev–Trinajstić information content (AvgIpc) is 2.05. The molecule has 0 spiro atoms. The van der Waals surface area contributed by atoms with E-state index in [1.54, 1.807) is 7.11 Å². The number of methoxy groups -OCH3 is 1. The molecule has 0 aliphatic carbocycles. The second-order valence-corrected chi connectivity index (χ2v) is 2.35. The van der Waals surface area contributed by atoms with Gasteiger partial charge in [0.25, 0.3) is 0 Å². The Morgan fingerprint density at radius 2 is 1.82 bits per heavy atom. The number of rotatable bonds is 6. The molecule has 0 unspecified atom stereocenters. The Morgan fingerprint density at radius 3 is 2.27 bits per heavy atom. The number of allylic oxidation sites excluding steroid dienone is 1. The van der Waals surface area contributed by atoms with Gasteiger partial charge in [-0.05, 0) is 18.4 Å². The third-order valence-electron chi connectivity index (χ3n) is 1.56. The molecule has 0 aliphatic rings. The minimum Gasteiger partial charge on any atom is -0.499 e. The zero-order valence-corrected chi connectivity index (χ0v) is 7.72. The Labute approximate surface area is 69.2 Å². The maximum atomic E-state index is 5.23. The largest absolute Gasteiger partial charge is 0.499 e. The Hall–Kier alpha value is -0.500. The van der Waals surface area contributed by atoms with Crippen LogP contribution in [0.3, 0.4) is 0 Å². The van der Waals surface area contributed by atoms with E-state index < -0.39 is 0 Å². The predicted molar refractivity (Wildman–Crippen MR) is 46.5 cm³/mol. The van der Waals surface area contributed by atoms with Gasteiger partial charge in [0.2, 0.25) is 0 Å². The normalized spacial score (nSPS) is 9.36. The first-order chi connectivity index (χ1) is 5.35. The fourth-order valence-corrected chi connectivity index (χ4v) is 0.725. The smallest absolute Gasteiger partial charge is 0.111 e. The van der Waals surface area contributed by atoms with Crippen LogP contribution in [0.15, 0.2) is 11.8 Å². The maximum Gasteiger partial charge on any atom is 0.111 e. The molecule has 0 saturated heterocycles. The first kappa shape index (κ1) is 10.5. The first-order valence-electron chi connectivity index (χ1n) is 4.13. The van der Waals surface area contributed by atoms with E-state index in [0.717, 1.165) is 12.8 Å². The second-order valence-electron chi connectivity index (χ2n) is 2.35. The molecule has 0 amide bonds. The van der Waals surface area contributed by atoms with Gasteiger partial charge in [0.1, 0.15) is 6.61 Å². The van der Waals surface area contributed by atoms with Crippen molar-refractivity contribution in [2.45, 2.75) is 26.7 Å². The molecule has 2 heteroatoms. The fraction of sp³-hybridized carbons (Fsp3) is 0.778. The van der Waals surface area contributed by atoms with E-state index in [0.29, 0.717) is 13.2 Å². The van der Waals surface area contributed by atoms with Gasteiger partial charge in [-0.3, -0.25) is 0 Å². The Bertz CT molecular complexity index is 102. The van der Waals surface area contributed by atoms with Crippen LogP contribution in [0.25, 0.3) is 0 Å². The quantitative estimate of drug-likeness (QED) is 0.436. The molecule has 0 aromatic heterocycles. The molecular weight excluding hydrogens is 140 g/mol. The molecular formula is C9H18O2. The zero-order valence-electron chi connectivity index (χ0n) is 7.72. The molecule has 66 valence electrons.